The summed E-state index contributed by atoms with van der Waals surface area (Å²) in [6.45, 7) is 8.48. The molecule has 0 aliphatic carbocycles. The van der Waals surface area contributed by atoms with Crippen LogP contribution < -0.4 is 4.74 Å². The fraction of sp³-hybridized carbons (Fsp3) is 0.375. The highest BCUT2D eigenvalue weighted by atomic mass is 16.6. The molecule has 0 N–H and O–H groups in total. The first kappa shape index (κ1) is 31.1. The Morgan fingerprint density at radius 2 is 1.77 bits per heavy atom. The lowest BCUT2D eigenvalue weighted by molar-refractivity contribution is -0.164. The van der Waals surface area contributed by atoms with Crippen LogP contribution in [-0.2, 0) is 20.7 Å². The van der Waals surface area contributed by atoms with Crippen molar-refractivity contribution >= 4 is 11.6 Å². The average molecular weight is 630 g/mol. The SMILES string of the molecule is COC(=O)[C@@H](OC(C)(C)C)c1c(C)nc2cc3nn2c1-c1ccc2c(c1)C(CCCCCc1ccccc1-c1cccc-3c1)CCO2. The van der Waals surface area contributed by atoms with Gasteiger partial charge in [0.1, 0.15) is 5.75 Å². The molecule has 2 aliphatic heterocycles. The van der Waals surface area contributed by atoms with E-state index < -0.39 is 17.7 Å². The molecule has 6 bridgehead atoms. The van der Waals surface area contributed by atoms with Crippen molar-refractivity contribution in [3.8, 4) is 39.4 Å². The van der Waals surface area contributed by atoms with Gasteiger partial charge in [0, 0.05) is 28.5 Å². The molecule has 7 heteroatoms. The number of aryl methyl sites for hydroxylation is 2. The minimum absolute atomic E-state index is 0.391. The normalized spacial score (nSPS) is 16.9. The Labute approximate surface area is 276 Å². The predicted octanol–water partition coefficient (Wildman–Crippen LogP) is 9.05. The second-order valence-electron chi connectivity index (χ2n) is 13.8. The Bertz CT molecular complexity index is 1950. The Kier molecular flexibility index (Phi) is 8.35. The van der Waals surface area contributed by atoms with Crippen molar-refractivity contribution in [3.63, 3.8) is 0 Å². The maximum Gasteiger partial charge on any atom is 0.339 e. The number of carbonyl (C=O) groups is 1. The summed E-state index contributed by atoms with van der Waals surface area (Å²) in [6.07, 6.45) is 5.62. The third-order valence-electron chi connectivity index (χ3n) is 9.41. The van der Waals surface area contributed by atoms with E-state index in [1.54, 1.807) is 0 Å². The summed E-state index contributed by atoms with van der Waals surface area (Å²) in [6, 6.07) is 25.8. The van der Waals surface area contributed by atoms with E-state index in [2.05, 4.69) is 66.7 Å². The van der Waals surface area contributed by atoms with Gasteiger partial charge >= 0.3 is 5.97 Å². The van der Waals surface area contributed by atoms with Crippen LogP contribution in [0.25, 0.3) is 39.3 Å². The van der Waals surface area contributed by atoms with E-state index in [1.165, 1.54) is 35.8 Å². The van der Waals surface area contributed by atoms with Gasteiger partial charge in [0.25, 0.3) is 0 Å². The molecule has 0 saturated carbocycles. The number of methoxy groups -OCH3 is 1. The lowest BCUT2D eigenvalue weighted by atomic mass is 9.86. The fourth-order valence-electron chi connectivity index (χ4n) is 7.21. The number of aromatic nitrogens is 3. The zero-order chi connectivity index (χ0) is 32.7. The Morgan fingerprint density at radius 1 is 0.936 bits per heavy atom. The summed E-state index contributed by atoms with van der Waals surface area (Å²) in [5.74, 6) is 0.852. The van der Waals surface area contributed by atoms with Crippen LogP contribution in [0.15, 0.2) is 72.8 Å². The number of carbonyl (C=O) groups excluding carboxylic acids is 1. The van der Waals surface area contributed by atoms with Gasteiger partial charge in [-0.15, -0.1) is 0 Å². The molecule has 0 fully saturated rings. The molecule has 47 heavy (non-hydrogen) atoms. The number of benzene rings is 3. The lowest BCUT2D eigenvalue weighted by Crippen LogP contribution is -2.30. The van der Waals surface area contributed by atoms with E-state index in [-0.39, 0.29) is 0 Å². The first-order valence-corrected chi connectivity index (χ1v) is 16.8. The van der Waals surface area contributed by atoms with Gasteiger partial charge in [-0.2, -0.15) is 5.10 Å². The molecule has 2 aliphatic rings. The average Bonchev–Trinajstić information content (AvgIpc) is 3.49. The third-order valence-corrected chi connectivity index (χ3v) is 9.41. The molecule has 4 heterocycles. The zero-order valence-corrected chi connectivity index (χ0v) is 28.0. The van der Waals surface area contributed by atoms with Crippen LogP contribution in [0.5, 0.6) is 5.75 Å². The van der Waals surface area contributed by atoms with Gasteiger partial charge in [0.15, 0.2) is 11.8 Å². The van der Waals surface area contributed by atoms with Gasteiger partial charge in [-0.3, -0.25) is 0 Å². The number of hydrogen-bond donors (Lipinski definition) is 0. The number of rotatable bonds is 3. The van der Waals surface area contributed by atoms with Crippen molar-refractivity contribution in [2.45, 2.75) is 83.8 Å². The molecule has 242 valence electrons. The maximum absolute atomic E-state index is 13.5. The number of hydrogen-bond acceptors (Lipinski definition) is 6. The van der Waals surface area contributed by atoms with Gasteiger partial charge in [-0.05, 0) is 106 Å². The molecule has 0 amide bonds. The van der Waals surface area contributed by atoms with Crippen LogP contribution >= 0.6 is 0 Å². The van der Waals surface area contributed by atoms with Gasteiger partial charge in [-0.25, -0.2) is 14.3 Å². The number of nitrogens with zero attached hydrogens (tertiary/aromatic N) is 3. The van der Waals surface area contributed by atoms with Crippen LogP contribution in [0, 0.1) is 6.92 Å². The summed E-state index contributed by atoms with van der Waals surface area (Å²) in [5.41, 5.74) is 9.96. The summed E-state index contributed by atoms with van der Waals surface area (Å²) in [5, 5.41) is 5.20. The first-order valence-electron chi connectivity index (χ1n) is 16.8. The van der Waals surface area contributed by atoms with E-state index in [1.807, 2.05) is 38.3 Å². The summed E-state index contributed by atoms with van der Waals surface area (Å²) in [7, 11) is 1.40. The molecule has 0 spiro atoms. The lowest BCUT2D eigenvalue weighted by Gasteiger charge is -2.29. The molecule has 0 radical (unpaired) electrons. The number of esters is 1. The van der Waals surface area contributed by atoms with E-state index in [0.717, 1.165) is 67.0 Å². The van der Waals surface area contributed by atoms with Crippen molar-refractivity contribution < 1.29 is 19.0 Å². The maximum atomic E-state index is 13.5. The van der Waals surface area contributed by atoms with Gasteiger partial charge in [0.2, 0.25) is 0 Å². The minimum atomic E-state index is -1.000. The number of ether oxygens (including phenoxy) is 3. The molecule has 2 atom stereocenters. The second-order valence-corrected chi connectivity index (χ2v) is 13.8. The van der Waals surface area contributed by atoms with E-state index >= 15 is 0 Å². The van der Waals surface area contributed by atoms with Crippen LogP contribution in [0.2, 0.25) is 0 Å². The fourth-order valence-corrected chi connectivity index (χ4v) is 7.21. The van der Waals surface area contributed by atoms with Crippen molar-refractivity contribution in [2.24, 2.45) is 0 Å². The van der Waals surface area contributed by atoms with Crippen molar-refractivity contribution in [2.75, 3.05) is 13.7 Å². The van der Waals surface area contributed by atoms with Crippen LogP contribution in [-0.4, -0.2) is 39.9 Å². The quantitative estimate of drug-likeness (QED) is 0.185. The molecule has 7 nitrogen and oxygen atoms in total. The van der Waals surface area contributed by atoms with Gasteiger partial charge in [0.05, 0.1) is 30.7 Å². The van der Waals surface area contributed by atoms with Crippen LogP contribution in [0.4, 0.5) is 0 Å². The molecular formula is C40H43N3O4. The van der Waals surface area contributed by atoms with Gasteiger partial charge < -0.3 is 14.2 Å². The molecule has 5 aromatic rings. The predicted molar refractivity (Wildman–Crippen MR) is 185 cm³/mol. The van der Waals surface area contributed by atoms with Crippen LogP contribution in [0.3, 0.4) is 0 Å². The summed E-state index contributed by atoms with van der Waals surface area (Å²) < 4.78 is 19.8. The molecule has 1 unspecified atom stereocenters. The third kappa shape index (κ3) is 6.17. The smallest absolute Gasteiger partial charge is 0.339 e. The van der Waals surface area contributed by atoms with E-state index in [4.69, 9.17) is 24.3 Å². The highest BCUT2D eigenvalue weighted by molar-refractivity contribution is 5.83. The molecule has 3 aromatic carbocycles. The monoisotopic (exact) mass is 629 g/mol. The topological polar surface area (TPSA) is 75.0 Å². The Hall–Kier alpha value is -4.49. The minimum Gasteiger partial charge on any atom is -0.493 e. The Balaban J connectivity index is 1.50. The Morgan fingerprint density at radius 3 is 2.60 bits per heavy atom. The highest BCUT2D eigenvalue weighted by Crippen LogP contribution is 2.43. The second kappa shape index (κ2) is 12.6. The molecule has 0 saturated heterocycles. The van der Waals surface area contributed by atoms with Crippen molar-refractivity contribution in [1.29, 1.82) is 0 Å². The van der Waals surface area contributed by atoms with Gasteiger partial charge in [-0.1, -0.05) is 55.3 Å². The van der Waals surface area contributed by atoms with Crippen LogP contribution in [0.1, 0.15) is 87.3 Å². The van der Waals surface area contributed by atoms with E-state index in [0.29, 0.717) is 22.8 Å². The summed E-state index contributed by atoms with van der Waals surface area (Å²) >= 11 is 0. The first-order chi connectivity index (χ1) is 22.7. The molecule has 2 aromatic heterocycles. The zero-order valence-electron chi connectivity index (χ0n) is 28.0. The standard InChI is InChI=1S/C40H43N3O4/c1-25-36(38(39(44)45-5)47-40(2,3)4)37-30-18-19-34-32(23-30)27(20-21-46-34)13-8-6-7-12-26-14-9-10-17-31(26)28-15-11-16-29(22-28)33-24-35(41-25)43(37)42-33/h9-11,14-19,22-24,27,38H,6-8,12-13,20-21H2,1-5H3/t27?,38-/m0/s1. The van der Waals surface area contributed by atoms with Crippen molar-refractivity contribution in [3.05, 3.63) is 95.2 Å². The number of fused-ring (bicyclic) bond motifs is 8. The van der Waals surface area contributed by atoms with E-state index in [9.17, 15) is 4.79 Å². The molecule has 7 rings (SSSR count). The largest absolute Gasteiger partial charge is 0.493 e. The highest BCUT2D eigenvalue weighted by Gasteiger charge is 2.34. The molecular weight excluding hydrogens is 586 g/mol. The summed E-state index contributed by atoms with van der Waals surface area (Å²) in [4.78, 5) is 18.5. The van der Waals surface area contributed by atoms with Crippen molar-refractivity contribution in [1.82, 2.24) is 14.6 Å².